The lowest BCUT2D eigenvalue weighted by Crippen LogP contribution is -2.40. The number of hydrogen-bond acceptors (Lipinski definition) is 6. The number of methoxy groups -OCH3 is 1. The lowest BCUT2D eigenvalue weighted by molar-refractivity contribution is -0.137. The molecule has 1 N–H and O–H groups in total. The Morgan fingerprint density at radius 2 is 2.04 bits per heavy atom. The van der Waals surface area contributed by atoms with E-state index in [1.165, 1.54) is 13.2 Å². The molecule has 3 rings (SSSR count). The molecule has 0 radical (unpaired) electrons. The first-order valence-electron chi connectivity index (χ1n) is 8.70. The van der Waals surface area contributed by atoms with Gasteiger partial charge in [-0.1, -0.05) is 0 Å². The van der Waals surface area contributed by atoms with Gasteiger partial charge < -0.3 is 15.0 Å². The first-order valence-corrected chi connectivity index (χ1v) is 8.70. The van der Waals surface area contributed by atoms with E-state index in [1.54, 1.807) is 6.92 Å². The molecule has 1 aliphatic rings. The van der Waals surface area contributed by atoms with Gasteiger partial charge in [-0.15, -0.1) is 10.2 Å². The van der Waals surface area contributed by atoms with Crippen LogP contribution in [0, 0.1) is 6.92 Å². The second kappa shape index (κ2) is 7.67. The van der Waals surface area contributed by atoms with Crippen LogP contribution in [0.25, 0.3) is 11.3 Å². The summed E-state index contributed by atoms with van der Waals surface area (Å²) in [5, 5.41) is 11.6. The summed E-state index contributed by atoms with van der Waals surface area (Å²) in [6, 6.07) is 3.55. The molecule has 1 saturated heterocycles. The SMILES string of the molecule is COc1cc(C(F)(F)F)ccc1-c1nnc(NC2CCCN(C)C2)nc1C. The standard InChI is InChI=1S/C18H22F3N5O/c1-11-16(14-7-6-12(18(19,20)21)9-15(14)27-3)24-25-17(22-11)23-13-5-4-8-26(2)10-13/h6-7,9,13H,4-5,8,10H2,1-3H3,(H,22,23,25). The largest absolute Gasteiger partial charge is 0.496 e. The number of alkyl halides is 3. The lowest BCUT2D eigenvalue weighted by atomic mass is 10.1. The van der Waals surface area contributed by atoms with Gasteiger partial charge in [-0.05, 0) is 51.6 Å². The number of ether oxygens (including phenoxy) is 1. The van der Waals surface area contributed by atoms with Crippen molar-refractivity contribution in [3.8, 4) is 17.0 Å². The van der Waals surface area contributed by atoms with Crippen molar-refractivity contribution in [1.29, 1.82) is 0 Å². The van der Waals surface area contributed by atoms with E-state index in [4.69, 9.17) is 4.74 Å². The maximum atomic E-state index is 12.9. The predicted octanol–water partition coefficient (Wildman–Crippen LogP) is 3.38. The number of benzene rings is 1. The van der Waals surface area contributed by atoms with Gasteiger partial charge in [0.1, 0.15) is 11.4 Å². The summed E-state index contributed by atoms with van der Waals surface area (Å²) in [4.78, 5) is 6.67. The van der Waals surface area contributed by atoms with Crippen molar-refractivity contribution in [2.45, 2.75) is 32.0 Å². The van der Waals surface area contributed by atoms with E-state index < -0.39 is 11.7 Å². The van der Waals surface area contributed by atoms with Gasteiger partial charge in [0.2, 0.25) is 5.95 Å². The summed E-state index contributed by atoms with van der Waals surface area (Å²) < 4.78 is 43.9. The van der Waals surface area contributed by atoms with Crippen LogP contribution in [0.5, 0.6) is 5.75 Å². The highest BCUT2D eigenvalue weighted by molar-refractivity contribution is 5.69. The molecule has 0 amide bonds. The number of rotatable bonds is 4. The van der Waals surface area contributed by atoms with Gasteiger partial charge in [0.25, 0.3) is 0 Å². The molecular weight excluding hydrogens is 359 g/mol. The molecule has 0 saturated carbocycles. The zero-order valence-electron chi connectivity index (χ0n) is 15.5. The van der Waals surface area contributed by atoms with Crippen molar-refractivity contribution in [1.82, 2.24) is 20.1 Å². The van der Waals surface area contributed by atoms with Crippen LogP contribution in [0.4, 0.5) is 19.1 Å². The van der Waals surface area contributed by atoms with E-state index in [0.29, 0.717) is 22.9 Å². The molecular formula is C18H22F3N5O. The summed E-state index contributed by atoms with van der Waals surface area (Å²) in [5.41, 5.74) is 0.606. The third kappa shape index (κ3) is 4.47. The smallest absolute Gasteiger partial charge is 0.416 e. The molecule has 0 bridgehead atoms. The van der Waals surface area contributed by atoms with E-state index in [-0.39, 0.29) is 11.8 Å². The van der Waals surface area contributed by atoms with Gasteiger partial charge >= 0.3 is 6.18 Å². The molecule has 146 valence electrons. The number of hydrogen-bond donors (Lipinski definition) is 1. The van der Waals surface area contributed by atoms with E-state index >= 15 is 0 Å². The van der Waals surface area contributed by atoms with Crippen LogP contribution < -0.4 is 10.1 Å². The Kier molecular flexibility index (Phi) is 5.50. The highest BCUT2D eigenvalue weighted by atomic mass is 19.4. The second-order valence-electron chi connectivity index (χ2n) is 6.73. The van der Waals surface area contributed by atoms with Crippen LogP contribution in [0.3, 0.4) is 0 Å². The zero-order valence-corrected chi connectivity index (χ0v) is 15.5. The highest BCUT2D eigenvalue weighted by Crippen LogP contribution is 2.37. The van der Waals surface area contributed by atoms with Crippen molar-refractivity contribution in [2.75, 3.05) is 32.6 Å². The average Bonchev–Trinajstić information content (AvgIpc) is 2.61. The number of nitrogens with zero attached hydrogens (tertiary/aromatic N) is 4. The van der Waals surface area contributed by atoms with Crippen LogP contribution in [0.1, 0.15) is 24.1 Å². The number of anilines is 1. The minimum Gasteiger partial charge on any atom is -0.496 e. The maximum Gasteiger partial charge on any atom is 0.416 e. The Labute approximate surface area is 155 Å². The van der Waals surface area contributed by atoms with Gasteiger partial charge in [0, 0.05) is 18.2 Å². The topological polar surface area (TPSA) is 63.2 Å². The number of nitrogens with one attached hydrogen (secondary N) is 1. The number of likely N-dealkylation sites (tertiary alicyclic amines) is 1. The first-order chi connectivity index (χ1) is 12.8. The number of aromatic nitrogens is 3. The minimum absolute atomic E-state index is 0.0821. The Morgan fingerprint density at radius 3 is 2.67 bits per heavy atom. The van der Waals surface area contributed by atoms with Gasteiger partial charge in [-0.2, -0.15) is 13.2 Å². The lowest BCUT2D eigenvalue weighted by Gasteiger charge is -2.30. The molecule has 6 nitrogen and oxygen atoms in total. The average molecular weight is 381 g/mol. The van der Waals surface area contributed by atoms with Crippen molar-refractivity contribution < 1.29 is 17.9 Å². The summed E-state index contributed by atoms with van der Waals surface area (Å²) >= 11 is 0. The predicted molar refractivity (Wildman–Crippen MR) is 95.7 cm³/mol. The molecule has 0 aliphatic carbocycles. The molecule has 0 spiro atoms. The van der Waals surface area contributed by atoms with Crippen LogP contribution >= 0.6 is 0 Å². The zero-order chi connectivity index (χ0) is 19.6. The minimum atomic E-state index is -4.44. The van der Waals surface area contributed by atoms with Crippen LogP contribution in [-0.2, 0) is 6.18 Å². The number of aryl methyl sites for hydroxylation is 1. The monoisotopic (exact) mass is 381 g/mol. The summed E-state index contributed by atoms with van der Waals surface area (Å²) in [6.45, 7) is 3.72. The number of likely N-dealkylation sites (N-methyl/N-ethyl adjacent to an activating group) is 1. The van der Waals surface area contributed by atoms with Gasteiger partial charge in [0.05, 0.1) is 18.4 Å². The molecule has 2 heterocycles. The number of piperidine rings is 1. The summed E-state index contributed by atoms with van der Waals surface area (Å²) in [5.74, 6) is 0.501. The molecule has 27 heavy (non-hydrogen) atoms. The Hall–Kier alpha value is -2.42. The van der Waals surface area contributed by atoms with E-state index in [2.05, 4.69) is 32.4 Å². The summed E-state index contributed by atoms with van der Waals surface area (Å²) in [7, 11) is 3.39. The Morgan fingerprint density at radius 1 is 1.26 bits per heavy atom. The molecule has 1 aromatic carbocycles. The molecule has 9 heteroatoms. The third-order valence-corrected chi connectivity index (χ3v) is 4.60. The second-order valence-corrected chi connectivity index (χ2v) is 6.73. The first kappa shape index (κ1) is 19.3. The van der Waals surface area contributed by atoms with Gasteiger partial charge in [-0.3, -0.25) is 0 Å². The van der Waals surface area contributed by atoms with Crippen LogP contribution in [0.2, 0.25) is 0 Å². The van der Waals surface area contributed by atoms with Crippen LogP contribution in [-0.4, -0.2) is 53.4 Å². The van der Waals surface area contributed by atoms with Crippen molar-refractivity contribution in [2.24, 2.45) is 0 Å². The summed E-state index contributed by atoms with van der Waals surface area (Å²) in [6.07, 6.45) is -2.31. The molecule has 1 unspecified atom stereocenters. The van der Waals surface area contributed by atoms with Crippen LogP contribution in [0.15, 0.2) is 18.2 Å². The number of halogens is 3. The Balaban J connectivity index is 1.85. The van der Waals surface area contributed by atoms with Crippen molar-refractivity contribution >= 4 is 5.95 Å². The fraction of sp³-hybridized carbons (Fsp3) is 0.500. The quantitative estimate of drug-likeness (QED) is 0.876. The van der Waals surface area contributed by atoms with E-state index in [9.17, 15) is 13.2 Å². The fourth-order valence-electron chi connectivity index (χ4n) is 3.24. The normalized spacial score (nSPS) is 18.4. The third-order valence-electron chi connectivity index (χ3n) is 4.60. The van der Waals surface area contributed by atoms with E-state index in [0.717, 1.165) is 38.1 Å². The van der Waals surface area contributed by atoms with Crippen molar-refractivity contribution in [3.05, 3.63) is 29.5 Å². The molecule has 1 fully saturated rings. The van der Waals surface area contributed by atoms with Crippen molar-refractivity contribution in [3.63, 3.8) is 0 Å². The highest BCUT2D eigenvalue weighted by Gasteiger charge is 2.31. The fourth-order valence-corrected chi connectivity index (χ4v) is 3.24. The molecule has 1 aliphatic heterocycles. The molecule has 1 atom stereocenters. The molecule has 2 aromatic rings. The maximum absolute atomic E-state index is 12.9. The van der Waals surface area contributed by atoms with Gasteiger partial charge in [0.15, 0.2) is 0 Å². The molecule has 1 aromatic heterocycles. The van der Waals surface area contributed by atoms with Gasteiger partial charge in [-0.25, -0.2) is 4.98 Å². The van der Waals surface area contributed by atoms with E-state index in [1.807, 2.05) is 0 Å². The Bertz CT molecular complexity index is 812.